The Morgan fingerprint density at radius 3 is 2.70 bits per heavy atom. The molecule has 0 amide bonds. The average Bonchev–Trinajstić information content (AvgIpc) is 3.15. The molecule has 4 bridgehead atoms. The number of ketones is 1. The van der Waals surface area contributed by atoms with E-state index in [-0.39, 0.29) is 28.8 Å². The van der Waals surface area contributed by atoms with Gasteiger partial charge in [0.2, 0.25) is 0 Å². The highest BCUT2D eigenvalue weighted by molar-refractivity contribution is 6.01. The Morgan fingerprint density at radius 1 is 1.19 bits per heavy atom. The van der Waals surface area contributed by atoms with Gasteiger partial charge in [0.25, 0.3) is 0 Å². The normalized spacial score (nSPS) is 52.8. The zero-order chi connectivity index (χ0) is 18.8. The van der Waals surface area contributed by atoms with Crippen LogP contribution in [-0.4, -0.2) is 42.4 Å². The van der Waals surface area contributed by atoms with Crippen molar-refractivity contribution >= 4 is 11.8 Å². The average molecular weight is 370 g/mol. The van der Waals surface area contributed by atoms with Gasteiger partial charge in [-0.3, -0.25) is 14.5 Å². The molecule has 2 saturated carbocycles. The number of rotatable bonds is 1. The van der Waals surface area contributed by atoms with Crippen LogP contribution in [0.4, 0.5) is 0 Å². The van der Waals surface area contributed by atoms with Crippen LogP contribution in [0.3, 0.4) is 0 Å². The van der Waals surface area contributed by atoms with Crippen molar-refractivity contribution in [3.05, 3.63) is 11.1 Å². The Morgan fingerprint density at radius 2 is 1.96 bits per heavy atom. The van der Waals surface area contributed by atoms with E-state index in [1.807, 2.05) is 0 Å². The first-order valence-electron chi connectivity index (χ1n) is 11.0. The maximum absolute atomic E-state index is 14.5. The highest BCUT2D eigenvalue weighted by atomic mass is 16.5. The minimum atomic E-state index is -0.398. The van der Waals surface area contributed by atoms with Crippen LogP contribution in [0.5, 0.6) is 0 Å². The number of hydrogen-bond donors (Lipinski definition) is 0. The molecular weight excluding hydrogens is 338 g/mol. The van der Waals surface area contributed by atoms with Gasteiger partial charge in [0, 0.05) is 13.1 Å². The standard InChI is InChI=1S/C23H31NO3/c1-13-11-24-12-15-6-4-14-5-7-16-17(19(25)27-3)10-22(18(14)16)20(26)23(13,24)9-8-21(15,22)2/h13,15-17H,4-12H2,1-3H3/t13-,15-,16-,17-,21-,22+,23-/m1/s1. The van der Waals surface area contributed by atoms with E-state index in [4.69, 9.17) is 4.74 Å². The molecule has 146 valence electrons. The van der Waals surface area contributed by atoms with E-state index in [0.717, 1.165) is 51.6 Å². The summed E-state index contributed by atoms with van der Waals surface area (Å²) in [5.41, 5.74) is 2.35. The molecule has 27 heavy (non-hydrogen) atoms. The highest BCUT2D eigenvalue weighted by Crippen LogP contribution is 2.75. The number of carbonyl (C=O) groups excluding carboxylic acids is 2. The number of nitrogens with zero attached hydrogens (tertiary/aromatic N) is 1. The minimum absolute atomic E-state index is 0.00877. The van der Waals surface area contributed by atoms with Crippen molar-refractivity contribution in [2.45, 2.75) is 64.3 Å². The molecule has 0 aromatic carbocycles. The molecule has 2 spiro atoms. The molecule has 0 unspecified atom stereocenters. The molecule has 4 nitrogen and oxygen atoms in total. The number of methoxy groups -OCH3 is 1. The van der Waals surface area contributed by atoms with Crippen LogP contribution in [0.15, 0.2) is 11.1 Å². The van der Waals surface area contributed by atoms with Gasteiger partial charge in [0.15, 0.2) is 5.78 Å². The third kappa shape index (κ3) is 1.54. The number of esters is 1. The lowest BCUT2D eigenvalue weighted by atomic mass is 9.45. The minimum Gasteiger partial charge on any atom is -0.469 e. The molecule has 7 atom stereocenters. The van der Waals surface area contributed by atoms with Crippen molar-refractivity contribution in [3.8, 4) is 0 Å². The summed E-state index contributed by atoms with van der Waals surface area (Å²) in [4.78, 5) is 29.8. The maximum Gasteiger partial charge on any atom is 0.309 e. The molecule has 7 rings (SSSR count). The molecule has 3 heterocycles. The fraction of sp³-hybridized carbons (Fsp3) is 0.826. The first-order valence-corrected chi connectivity index (χ1v) is 11.0. The number of fused-ring (bicyclic) bond motifs is 1. The second kappa shape index (κ2) is 4.87. The summed E-state index contributed by atoms with van der Waals surface area (Å²) in [6, 6.07) is 0. The van der Waals surface area contributed by atoms with Crippen molar-refractivity contribution in [1.29, 1.82) is 0 Å². The molecule has 3 saturated heterocycles. The summed E-state index contributed by atoms with van der Waals surface area (Å²) >= 11 is 0. The van der Waals surface area contributed by atoms with Crippen LogP contribution in [0.1, 0.15) is 58.8 Å². The van der Waals surface area contributed by atoms with Crippen LogP contribution in [0, 0.1) is 34.5 Å². The smallest absolute Gasteiger partial charge is 0.309 e. The lowest BCUT2D eigenvalue weighted by Crippen LogP contribution is -2.74. The Hall–Kier alpha value is -1.16. The predicted molar refractivity (Wildman–Crippen MR) is 101 cm³/mol. The van der Waals surface area contributed by atoms with E-state index >= 15 is 0 Å². The summed E-state index contributed by atoms with van der Waals surface area (Å²) < 4.78 is 5.23. The Bertz CT molecular complexity index is 801. The van der Waals surface area contributed by atoms with Gasteiger partial charge in [-0.05, 0) is 68.1 Å². The van der Waals surface area contributed by atoms with E-state index in [1.54, 1.807) is 5.57 Å². The molecule has 0 aromatic rings. The first-order chi connectivity index (χ1) is 12.9. The molecular formula is C23H31NO3. The second-order valence-electron chi connectivity index (χ2n) is 10.6. The highest BCUT2D eigenvalue weighted by Gasteiger charge is 2.77. The number of ether oxygens (including phenoxy) is 1. The Kier molecular flexibility index (Phi) is 3.02. The lowest BCUT2D eigenvalue weighted by molar-refractivity contribution is -0.169. The summed E-state index contributed by atoms with van der Waals surface area (Å²) in [5, 5.41) is 0. The van der Waals surface area contributed by atoms with Gasteiger partial charge >= 0.3 is 5.97 Å². The summed E-state index contributed by atoms with van der Waals surface area (Å²) in [6.45, 7) is 6.86. The molecule has 0 radical (unpaired) electrons. The Balaban J connectivity index is 1.62. The molecule has 5 fully saturated rings. The van der Waals surface area contributed by atoms with Crippen molar-refractivity contribution in [2.24, 2.45) is 34.5 Å². The fourth-order valence-corrected chi connectivity index (χ4v) is 8.93. The van der Waals surface area contributed by atoms with Gasteiger partial charge in [-0.15, -0.1) is 0 Å². The number of allylic oxidation sites excluding steroid dienone is 2. The molecule has 0 aromatic heterocycles. The number of hydrogen-bond acceptors (Lipinski definition) is 4. The van der Waals surface area contributed by atoms with Crippen LogP contribution >= 0.6 is 0 Å². The zero-order valence-electron chi connectivity index (χ0n) is 16.8. The fourth-order valence-electron chi connectivity index (χ4n) is 8.93. The van der Waals surface area contributed by atoms with E-state index < -0.39 is 5.41 Å². The van der Waals surface area contributed by atoms with Crippen LogP contribution in [0.2, 0.25) is 0 Å². The van der Waals surface area contributed by atoms with Gasteiger partial charge < -0.3 is 4.74 Å². The van der Waals surface area contributed by atoms with E-state index in [1.165, 1.54) is 19.1 Å². The Labute approximate surface area is 161 Å². The number of Topliss-reactive ketones (excluding diaryl/α,β-unsaturated/α-hetero) is 1. The predicted octanol–water partition coefficient (Wildman–Crippen LogP) is 3.36. The molecule has 4 heteroatoms. The summed E-state index contributed by atoms with van der Waals surface area (Å²) in [6.07, 6.45) is 7.40. The van der Waals surface area contributed by atoms with Gasteiger partial charge in [0.1, 0.15) is 0 Å². The van der Waals surface area contributed by atoms with Crippen molar-refractivity contribution in [3.63, 3.8) is 0 Å². The SMILES string of the molecule is COC(=O)[C@@H]1C[C@]23C(=O)[C@]45CC[C@]2(C)[C@H](CCC2=C3[C@@H]1CC2)CN4C[C@H]5C. The third-order valence-corrected chi connectivity index (χ3v) is 10.3. The zero-order valence-corrected chi connectivity index (χ0v) is 16.8. The maximum atomic E-state index is 14.5. The van der Waals surface area contributed by atoms with E-state index in [2.05, 4.69) is 18.7 Å². The van der Waals surface area contributed by atoms with E-state index in [0.29, 0.717) is 17.6 Å². The quantitative estimate of drug-likeness (QED) is 0.525. The largest absolute Gasteiger partial charge is 0.469 e. The van der Waals surface area contributed by atoms with Crippen LogP contribution in [-0.2, 0) is 14.3 Å². The van der Waals surface area contributed by atoms with Crippen molar-refractivity contribution < 1.29 is 14.3 Å². The van der Waals surface area contributed by atoms with Gasteiger partial charge in [0.05, 0.1) is 24.0 Å². The van der Waals surface area contributed by atoms with Gasteiger partial charge in [-0.2, -0.15) is 0 Å². The van der Waals surface area contributed by atoms with Gasteiger partial charge in [-0.25, -0.2) is 0 Å². The summed E-state index contributed by atoms with van der Waals surface area (Å²) in [7, 11) is 1.51. The molecule has 3 aliphatic heterocycles. The monoisotopic (exact) mass is 369 g/mol. The first kappa shape index (κ1) is 16.8. The van der Waals surface area contributed by atoms with Crippen LogP contribution in [0.25, 0.3) is 0 Å². The summed E-state index contributed by atoms with van der Waals surface area (Å²) in [5.74, 6) is 1.58. The van der Waals surface area contributed by atoms with E-state index in [9.17, 15) is 9.59 Å². The third-order valence-electron chi connectivity index (χ3n) is 10.3. The van der Waals surface area contributed by atoms with Crippen molar-refractivity contribution in [2.75, 3.05) is 20.2 Å². The van der Waals surface area contributed by atoms with Gasteiger partial charge in [-0.1, -0.05) is 25.0 Å². The topological polar surface area (TPSA) is 46.6 Å². The lowest BCUT2D eigenvalue weighted by Gasteiger charge is -2.62. The molecule has 7 aliphatic rings. The van der Waals surface area contributed by atoms with Crippen LogP contribution < -0.4 is 0 Å². The molecule has 0 N–H and O–H groups in total. The molecule has 4 aliphatic carbocycles. The second-order valence-corrected chi connectivity index (χ2v) is 10.6. The van der Waals surface area contributed by atoms with Crippen molar-refractivity contribution in [1.82, 2.24) is 4.90 Å². The number of carbonyl (C=O) groups is 2.